The van der Waals surface area contributed by atoms with Crippen LogP contribution in [0.3, 0.4) is 0 Å². The number of methoxy groups -OCH3 is 1. The lowest BCUT2D eigenvalue weighted by Crippen LogP contribution is -2.20. The zero-order valence-corrected chi connectivity index (χ0v) is 19.9. The number of carbonyl (C=O) groups is 1. The van der Waals surface area contributed by atoms with Gasteiger partial charge in [0.15, 0.2) is 0 Å². The van der Waals surface area contributed by atoms with Crippen LogP contribution in [0.4, 0.5) is 11.4 Å². The highest BCUT2D eigenvalue weighted by Crippen LogP contribution is 2.22. The molecule has 0 atom stereocenters. The van der Waals surface area contributed by atoms with Crippen molar-refractivity contribution in [3.63, 3.8) is 0 Å². The van der Waals surface area contributed by atoms with E-state index in [-0.39, 0.29) is 26.1 Å². The summed E-state index contributed by atoms with van der Waals surface area (Å²) < 4.78 is 26.7. The summed E-state index contributed by atoms with van der Waals surface area (Å²) in [4.78, 5) is 11.9. The molecule has 8 heteroatoms. The van der Waals surface area contributed by atoms with E-state index in [1.807, 2.05) is 48.5 Å². The monoisotopic (exact) mass is 478 g/mol. The standard InChI is InChI=1S/C27H30N2O6/c1-4-6-22(7-5-2)27(30)35-21-19-33-17-16-32-18-20-34-26-14-10-24(11-15-26)29-28-23-8-12-25(31-3)13-9-23/h1-2,8-15,22H,6-7,16-21H2,3H3. The lowest BCUT2D eigenvalue weighted by molar-refractivity contribution is -0.149. The molecule has 0 unspecified atom stereocenters. The number of carbonyl (C=O) groups excluding carboxylic acids is 1. The average Bonchev–Trinajstić information content (AvgIpc) is 2.89. The maximum atomic E-state index is 11.9. The van der Waals surface area contributed by atoms with Crippen molar-refractivity contribution in [2.75, 3.05) is 46.8 Å². The topological polar surface area (TPSA) is 87.9 Å². The van der Waals surface area contributed by atoms with Crippen LogP contribution in [0.1, 0.15) is 12.8 Å². The number of azo groups is 1. The first-order valence-corrected chi connectivity index (χ1v) is 11.1. The fraction of sp³-hybridized carbons (Fsp3) is 0.370. The van der Waals surface area contributed by atoms with Crippen LogP contribution < -0.4 is 9.47 Å². The lowest BCUT2D eigenvalue weighted by Gasteiger charge is -2.11. The molecule has 2 aromatic carbocycles. The van der Waals surface area contributed by atoms with Crippen molar-refractivity contribution < 1.29 is 28.5 Å². The number of ether oxygens (including phenoxy) is 5. The van der Waals surface area contributed by atoms with E-state index in [4.69, 9.17) is 36.5 Å². The molecule has 0 aliphatic heterocycles. The molecule has 184 valence electrons. The summed E-state index contributed by atoms with van der Waals surface area (Å²) in [6.45, 7) is 2.01. The Morgan fingerprint density at radius 1 is 0.771 bits per heavy atom. The van der Waals surface area contributed by atoms with Crippen LogP contribution in [-0.4, -0.2) is 52.7 Å². The number of benzene rings is 2. The van der Waals surface area contributed by atoms with Crippen LogP contribution in [0.2, 0.25) is 0 Å². The first-order valence-electron chi connectivity index (χ1n) is 11.1. The Balaban J connectivity index is 1.52. The van der Waals surface area contributed by atoms with Gasteiger partial charge < -0.3 is 23.7 Å². The summed E-state index contributed by atoms with van der Waals surface area (Å²) >= 11 is 0. The van der Waals surface area contributed by atoms with E-state index in [1.54, 1.807) is 7.11 Å². The fourth-order valence-corrected chi connectivity index (χ4v) is 2.76. The molecule has 0 bridgehead atoms. The molecular formula is C27H30N2O6. The third-order valence-corrected chi connectivity index (χ3v) is 4.59. The summed E-state index contributed by atoms with van der Waals surface area (Å²) in [6, 6.07) is 14.6. The maximum absolute atomic E-state index is 11.9. The molecule has 0 fully saturated rings. The first-order chi connectivity index (χ1) is 17.2. The smallest absolute Gasteiger partial charge is 0.310 e. The van der Waals surface area contributed by atoms with Crippen molar-refractivity contribution in [3.8, 4) is 36.2 Å². The fourth-order valence-electron chi connectivity index (χ4n) is 2.76. The van der Waals surface area contributed by atoms with Crippen molar-refractivity contribution in [2.24, 2.45) is 16.1 Å². The minimum absolute atomic E-state index is 0.142. The zero-order valence-electron chi connectivity index (χ0n) is 19.9. The number of esters is 1. The summed E-state index contributed by atoms with van der Waals surface area (Å²) in [5.74, 6) is 5.48. The highest BCUT2D eigenvalue weighted by atomic mass is 16.6. The van der Waals surface area contributed by atoms with E-state index in [0.29, 0.717) is 32.2 Å². The molecular weight excluding hydrogens is 448 g/mol. The van der Waals surface area contributed by atoms with Gasteiger partial charge in [-0.15, -0.1) is 24.7 Å². The van der Waals surface area contributed by atoms with Crippen LogP contribution in [0.15, 0.2) is 58.8 Å². The van der Waals surface area contributed by atoms with Crippen LogP contribution in [0, 0.1) is 30.6 Å². The SMILES string of the molecule is C#CCC(CC#C)C(=O)OCCOCCOCCOc1ccc(N=Nc2ccc(OC)cc2)cc1. The predicted molar refractivity (Wildman–Crippen MR) is 132 cm³/mol. The van der Waals surface area contributed by atoms with Gasteiger partial charge in [0.1, 0.15) is 24.7 Å². The number of hydrogen-bond acceptors (Lipinski definition) is 8. The van der Waals surface area contributed by atoms with Crippen molar-refractivity contribution in [3.05, 3.63) is 48.5 Å². The Kier molecular flexibility index (Phi) is 13.1. The van der Waals surface area contributed by atoms with Crippen LogP contribution in [0.5, 0.6) is 11.5 Å². The molecule has 0 saturated heterocycles. The molecule has 0 aliphatic rings. The van der Waals surface area contributed by atoms with Gasteiger partial charge in [-0.1, -0.05) is 0 Å². The molecule has 0 amide bonds. The second-order valence-corrected chi connectivity index (χ2v) is 7.15. The number of nitrogens with zero attached hydrogens (tertiary/aromatic N) is 2. The maximum Gasteiger partial charge on any atom is 0.310 e. The Labute approximate surface area is 206 Å². The van der Waals surface area contributed by atoms with Crippen LogP contribution >= 0.6 is 0 Å². The van der Waals surface area contributed by atoms with E-state index in [9.17, 15) is 4.79 Å². The summed E-state index contributed by atoms with van der Waals surface area (Å²) in [5.41, 5.74) is 1.46. The highest BCUT2D eigenvalue weighted by Gasteiger charge is 2.17. The van der Waals surface area contributed by atoms with Crippen molar-refractivity contribution in [1.29, 1.82) is 0 Å². The Hall–Kier alpha value is -3.85. The van der Waals surface area contributed by atoms with Gasteiger partial charge in [0.25, 0.3) is 0 Å². The van der Waals surface area contributed by atoms with Gasteiger partial charge in [-0.3, -0.25) is 4.79 Å². The summed E-state index contributed by atoms with van der Waals surface area (Å²) in [5, 5.41) is 8.40. The molecule has 0 heterocycles. The largest absolute Gasteiger partial charge is 0.497 e. The first kappa shape index (κ1) is 27.4. The van der Waals surface area contributed by atoms with Gasteiger partial charge in [0.2, 0.25) is 0 Å². The molecule has 35 heavy (non-hydrogen) atoms. The van der Waals surface area contributed by atoms with E-state index in [0.717, 1.165) is 17.1 Å². The van der Waals surface area contributed by atoms with Gasteiger partial charge in [-0.2, -0.15) is 10.2 Å². The van der Waals surface area contributed by atoms with Crippen molar-refractivity contribution >= 4 is 17.3 Å². The lowest BCUT2D eigenvalue weighted by atomic mass is 10.0. The molecule has 0 aromatic heterocycles. The Morgan fingerprint density at radius 2 is 1.26 bits per heavy atom. The third-order valence-electron chi connectivity index (χ3n) is 4.59. The average molecular weight is 479 g/mol. The molecule has 8 nitrogen and oxygen atoms in total. The molecule has 0 radical (unpaired) electrons. The molecule has 2 aromatic rings. The van der Waals surface area contributed by atoms with E-state index < -0.39 is 11.9 Å². The van der Waals surface area contributed by atoms with Gasteiger partial charge in [-0.25, -0.2) is 0 Å². The van der Waals surface area contributed by atoms with Gasteiger partial charge in [0, 0.05) is 12.8 Å². The summed E-state index contributed by atoms with van der Waals surface area (Å²) in [6.07, 6.45) is 11.0. The second kappa shape index (κ2) is 16.7. The minimum Gasteiger partial charge on any atom is -0.497 e. The Bertz CT molecular complexity index is 974. The number of rotatable bonds is 16. The normalized spacial score (nSPS) is 10.6. The number of hydrogen-bond donors (Lipinski definition) is 0. The highest BCUT2D eigenvalue weighted by molar-refractivity contribution is 5.73. The quantitative estimate of drug-likeness (QED) is 0.150. The van der Waals surface area contributed by atoms with Gasteiger partial charge >= 0.3 is 5.97 Å². The molecule has 0 aliphatic carbocycles. The second-order valence-electron chi connectivity index (χ2n) is 7.15. The third kappa shape index (κ3) is 11.2. The molecule has 2 rings (SSSR count). The predicted octanol–water partition coefficient (Wildman–Crippen LogP) is 4.73. The van der Waals surface area contributed by atoms with E-state index >= 15 is 0 Å². The number of terminal acetylenes is 2. The van der Waals surface area contributed by atoms with E-state index in [2.05, 4.69) is 22.1 Å². The van der Waals surface area contributed by atoms with Crippen LogP contribution in [-0.2, 0) is 19.0 Å². The van der Waals surface area contributed by atoms with Gasteiger partial charge in [-0.05, 0) is 48.5 Å². The van der Waals surface area contributed by atoms with Crippen molar-refractivity contribution in [2.45, 2.75) is 12.8 Å². The zero-order chi connectivity index (χ0) is 25.1. The van der Waals surface area contributed by atoms with Crippen LogP contribution in [0.25, 0.3) is 0 Å². The summed E-state index contributed by atoms with van der Waals surface area (Å²) in [7, 11) is 1.62. The molecule has 0 saturated carbocycles. The Morgan fingerprint density at radius 3 is 1.77 bits per heavy atom. The van der Waals surface area contributed by atoms with Crippen molar-refractivity contribution in [1.82, 2.24) is 0 Å². The minimum atomic E-state index is -0.465. The van der Waals surface area contributed by atoms with E-state index in [1.165, 1.54) is 0 Å². The van der Waals surface area contributed by atoms with Gasteiger partial charge in [0.05, 0.1) is 50.8 Å². The molecule has 0 spiro atoms. The molecule has 0 N–H and O–H groups in total.